The fourth-order valence-corrected chi connectivity index (χ4v) is 2.53. The minimum Gasteiger partial charge on any atom is -0.313 e. The maximum absolute atomic E-state index is 3.41. The molecule has 0 radical (unpaired) electrons. The highest BCUT2D eigenvalue weighted by Crippen LogP contribution is 2.17. The summed E-state index contributed by atoms with van der Waals surface area (Å²) in [6.07, 6.45) is 1.17. The zero-order chi connectivity index (χ0) is 14.8. The third kappa shape index (κ3) is 6.08. The molecule has 0 aliphatic carbocycles. The van der Waals surface area contributed by atoms with Crippen LogP contribution in [0.15, 0.2) is 59.5 Å². The molecule has 0 saturated heterocycles. The van der Waals surface area contributed by atoms with Gasteiger partial charge in [0.1, 0.15) is 0 Å². The van der Waals surface area contributed by atoms with Crippen LogP contribution in [0.3, 0.4) is 0 Å². The van der Waals surface area contributed by atoms with Crippen molar-refractivity contribution >= 4 is 11.8 Å². The van der Waals surface area contributed by atoms with Gasteiger partial charge in [-0.2, -0.15) is 0 Å². The lowest BCUT2D eigenvalue weighted by Gasteiger charge is -2.04. The standard InChI is InChI=1S/C19H21NS/c1-2-14-20-16-18-10-12-19(13-11-18)21-15-6-9-17-7-4-3-5-8-17/h3-5,7-8,10-13,20H,2,14-16H2,1H3. The summed E-state index contributed by atoms with van der Waals surface area (Å²) < 4.78 is 0. The second kappa shape index (κ2) is 9.28. The first-order valence-corrected chi connectivity index (χ1v) is 8.33. The second-order valence-electron chi connectivity index (χ2n) is 4.78. The molecule has 0 amide bonds. The Morgan fingerprint density at radius 3 is 2.48 bits per heavy atom. The molecule has 0 atom stereocenters. The van der Waals surface area contributed by atoms with Gasteiger partial charge in [-0.05, 0) is 42.8 Å². The first kappa shape index (κ1) is 15.7. The molecule has 2 aromatic rings. The van der Waals surface area contributed by atoms with Crippen molar-refractivity contribution in [3.63, 3.8) is 0 Å². The highest BCUT2D eigenvalue weighted by molar-refractivity contribution is 7.99. The van der Waals surface area contributed by atoms with Crippen LogP contribution < -0.4 is 5.32 Å². The molecule has 1 nitrogen and oxygen atoms in total. The lowest BCUT2D eigenvalue weighted by Crippen LogP contribution is -2.13. The summed E-state index contributed by atoms with van der Waals surface area (Å²) in [4.78, 5) is 1.27. The number of hydrogen-bond acceptors (Lipinski definition) is 2. The molecular weight excluding hydrogens is 274 g/mol. The summed E-state index contributed by atoms with van der Waals surface area (Å²) in [7, 11) is 0. The Kier molecular flexibility index (Phi) is 6.94. The van der Waals surface area contributed by atoms with Crippen LogP contribution in [-0.4, -0.2) is 12.3 Å². The quantitative estimate of drug-likeness (QED) is 0.483. The number of hydrogen-bond donors (Lipinski definition) is 1. The third-order valence-corrected chi connectivity index (χ3v) is 3.89. The van der Waals surface area contributed by atoms with Crippen molar-refractivity contribution in [1.29, 1.82) is 0 Å². The Morgan fingerprint density at radius 2 is 1.76 bits per heavy atom. The van der Waals surface area contributed by atoms with Crippen LogP contribution in [-0.2, 0) is 6.54 Å². The zero-order valence-corrected chi connectivity index (χ0v) is 13.2. The van der Waals surface area contributed by atoms with Crippen LogP contribution >= 0.6 is 11.8 Å². The summed E-state index contributed by atoms with van der Waals surface area (Å²) in [5.41, 5.74) is 2.42. The van der Waals surface area contributed by atoms with Crippen molar-refractivity contribution in [1.82, 2.24) is 5.32 Å². The molecule has 21 heavy (non-hydrogen) atoms. The monoisotopic (exact) mass is 295 g/mol. The van der Waals surface area contributed by atoms with Crippen LogP contribution in [0.1, 0.15) is 24.5 Å². The van der Waals surface area contributed by atoms with E-state index < -0.39 is 0 Å². The Hall–Kier alpha value is -1.69. The fourth-order valence-electron chi connectivity index (χ4n) is 1.89. The molecule has 2 aromatic carbocycles. The SMILES string of the molecule is CCCNCc1ccc(SCC#Cc2ccccc2)cc1. The van der Waals surface area contributed by atoms with E-state index in [1.807, 2.05) is 30.3 Å². The Balaban J connectivity index is 1.77. The van der Waals surface area contributed by atoms with E-state index in [4.69, 9.17) is 0 Å². The number of nitrogens with one attached hydrogen (secondary N) is 1. The van der Waals surface area contributed by atoms with Gasteiger partial charge >= 0.3 is 0 Å². The van der Waals surface area contributed by atoms with Gasteiger partial charge in [-0.15, -0.1) is 11.8 Å². The Bertz CT molecular complexity index is 578. The van der Waals surface area contributed by atoms with E-state index in [2.05, 4.69) is 48.3 Å². The number of rotatable bonds is 6. The van der Waals surface area contributed by atoms with E-state index in [0.29, 0.717) is 0 Å². The van der Waals surface area contributed by atoms with Gasteiger partial charge in [0.05, 0.1) is 5.75 Å². The van der Waals surface area contributed by atoms with Crippen molar-refractivity contribution in [2.75, 3.05) is 12.3 Å². The van der Waals surface area contributed by atoms with E-state index in [1.54, 1.807) is 11.8 Å². The molecular formula is C19H21NS. The molecule has 0 spiro atoms. The van der Waals surface area contributed by atoms with Crippen molar-refractivity contribution < 1.29 is 0 Å². The molecule has 0 aromatic heterocycles. The molecule has 0 saturated carbocycles. The largest absolute Gasteiger partial charge is 0.313 e. The van der Waals surface area contributed by atoms with E-state index in [1.165, 1.54) is 16.9 Å². The first-order valence-electron chi connectivity index (χ1n) is 7.35. The molecule has 0 unspecified atom stereocenters. The summed E-state index contributed by atoms with van der Waals surface area (Å²) in [5, 5.41) is 3.41. The first-order chi connectivity index (χ1) is 10.4. The minimum absolute atomic E-state index is 0.822. The van der Waals surface area contributed by atoms with E-state index in [-0.39, 0.29) is 0 Å². The molecule has 2 rings (SSSR count). The van der Waals surface area contributed by atoms with Gasteiger partial charge in [-0.25, -0.2) is 0 Å². The lowest BCUT2D eigenvalue weighted by atomic mass is 10.2. The molecule has 1 N–H and O–H groups in total. The second-order valence-corrected chi connectivity index (χ2v) is 5.83. The molecule has 0 aliphatic heterocycles. The summed E-state index contributed by atoms with van der Waals surface area (Å²) in [5.74, 6) is 7.21. The average Bonchev–Trinajstić information content (AvgIpc) is 2.54. The smallest absolute Gasteiger partial charge is 0.0598 e. The lowest BCUT2D eigenvalue weighted by molar-refractivity contribution is 0.675. The van der Waals surface area contributed by atoms with E-state index in [9.17, 15) is 0 Å². The molecule has 108 valence electrons. The molecule has 0 aliphatic rings. The van der Waals surface area contributed by atoms with Crippen LogP contribution in [0, 0.1) is 11.8 Å². The van der Waals surface area contributed by atoms with Gasteiger partial charge in [0, 0.05) is 17.0 Å². The Labute approximate surface area is 132 Å². The predicted molar refractivity (Wildman–Crippen MR) is 92.5 cm³/mol. The van der Waals surface area contributed by atoms with E-state index >= 15 is 0 Å². The molecule has 2 heteroatoms. The normalized spacial score (nSPS) is 9.95. The topological polar surface area (TPSA) is 12.0 Å². The van der Waals surface area contributed by atoms with Gasteiger partial charge in [0.2, 0.25) is 0 Å². The van der Waals surface area contributed by atoms with Crippen molar-refractivity contribution in [3.8, 4) is 11.8 Å². The van der Waals surface area contributed by atoms with Crippen LogP contribution in [0.5, 0.6) is 0 Å². The average molecular weight is 295 g/mol. The van der Waals surface area contributed by atoms with Crippen LogP contribution in [0.25, 0.3) is 0 Å². The molecule has 0 fully saturated rings. The van der Waals surface area contributed by atoms with Gasteiger partial charge in [0.25, 0.3) is 0 Å². The Morgan fingerprint density at radius 1 is 1.00 bits per heavy atom. The number of benzene rings is 2. The van der Waals surface area contributed by atoms with Crippen LogP contribution in [0.4, 0.5) is 0 Å². The van der Waals surface area contributed by atoms with E-state index in [0.717, 1.165) is 24.4 Å². The van der Waals surface area contributed by atoms with Crippen LogP contribution in [0.2, 0.25) is 0 Å². The summed E-state index contributed by atoms with van der Waals surface area (Å²) in [6.45, 7) is 4.21. The molecule has 0 heterocycles. The third-order valence-electron chi connectivity index (χ3n) is 3.00. The van der Waals surface area contributed by atoms with Gasteiger partial charge in [-0.3, -0.25) is 0 Å². The maximum atomic E-state index is 3.41. The van der Waals surface area contributed by atoms with Crippen molar-refractivity contribution in [2.45, 2.75) is 24.8 Å². The summed E-state index contributed by atoms with van der Waals surface area (Å²) in [6, 6.07) is 18.9. The minimum atomic E-state index is 0.822. The molecule has 0 bridgehead atoms. The highest BCUT2D eigenvalue weighted by Gasteiger charge is 1.94. The summed E-state index contributed by atoms with van der Waals surface area (Å²) >= 11 is 1.78. The van der Waals surface area contributed by atoms with Gasteiger partial charge < -0.3 is 5.32 Å². The highest BCUT2D eigenvalue weighted by atomic mass is 32.2. The zero-order valence-electron chi connectivity index (χ0n) is 12.4. The fraction of sp³-hybridized carbons (Fsp3) is 0.263. The van der Waals surface area contributed by atoms with Crippen molar-refractivity contribution in [2.24, 2.45) is 0 Å². The van der Waals surface area contributed by atoms with Gasteiger partial charge in [0.15, 0.2) is 0 Å². The van der Waals surface area contributed by atoms with Crippen molar-refractivity contribution in [3.05, 3.63) is 65.7 Å². The predicted octanol–water partition coefficient (Wildman–Crippen LogP) is 4.33. The number of thioether (sulfide) groups is 1. The maximum Gasteiger partial charge on any atom is 0.0598 e. The van der Waals surface area contributed by atoms with Gasteiger partial charge in [-0.1, -0.05) is 49.1 Å².